The van der Waals surface area contributed by atoms with Gasteiger partial charge in [0.15, 0.2) is 4.73 Å². The fourth-order valence-corrected chi connectivity index (χ4v) is 3.04. The average Bonchev–Trinajstić information content (AvgIpc) is 2.96. The molecule has 0 spiro atoms. The van der Waals surface area contributed by atoms with Crippen LogP contribution >= 0.6 is 15.9 Å². The maximum absolute atomic E-state index is 13.3. The fourth-order valence-electron chi connectivity index (χ4n) is 2.54. The number of benzene rings is 1. The normalized spacial score (nSPS) is 19.4. The van der Waals surface area contributed by atoms with Crippen LogP contribution in [0, 0.1) is 0 Å². The number of hydrogen-bond donors (Lipinski definition) is 0. The van der Waals surface area contributed by atoms with Gasteiger partial charge in [-0.2, -0.15) is 13.2 Å². The number of halogens is 4. The van der Waals surface area contributed by atoms with E-state index >= 15 is 0 Å². The van der Waals surface area contributed by atoms with Crippen LogP contribution in [0.2, 0.25) is 0 Å². The largest absolute Gasteiger partial charge is 0.516 e. The Balaban J connectivity index is 2.01. The number of hydrogen-bond acceptors (Lipinski definition) is 3. The van der Waals surface area contributed by atoms with Gasteiger partial charge in [0, 0.05) is 6.20 Å². The smallest absolute Gasteiger partial charge is 0.398 e. The van der Waals surface area contributed by atoms with E-state index in [1.165, 1.54) is 22.9 Å². The lowest BCUT2D eigenvalue weighted by Gasteiger charge is -2.32. The Labute approximate surface area is 152 Å². The highest BCUT2D eigenvalue weighted by Gasteiger charge is 2.52. The van der Waals surface area contributed by atoms with Crippen molar-refractivity contribution in [2.75, 3.05) is 0 Å². The van der Waals surface area contributed by atoms with Crippen molar-refractivity contribution < 1.29 is 22.5 Å². The molecule has 134 valence electrons. The molecule has 0 unspecified atom stereocenters. The van der Waals surface area contributed by atoms with E-state index in [4.69, 9.17) is 9.31 Å². The zero-order valence-corrected chi connectivity index (χ0v) is 15.8. The second-order valence-corrected chi connectivity index (χ2v) is 7.62. The highest BCUT2D eigenvalue weighted by atomic mass is 79.9. The lowest BCUT2D eigenvalue weighted by Crippen LogP contribution is -2.41. The van der Waals surface area contributed by atoms with Crippen LogP contribution in [0.25, 0.3) is 5.69 Å². The summed E-state index contributed by atoms with van der Waals surface area (Å²) in [4.78, 5) is 4.29. The molecule has 1 aliphatic heterocycles. The van der Waals surface area contributed by atoms with Gasteiger partial charge in [0.25, 0.3) is 0 Å². The molecule has 9 heteroatoms. The lowest BCUT2D eigenvalue weighted by molar-refractivity contribution is -0.137. The third-order valence-corrected chi connectivity index (χ3v) is 5.20. The van der Waals surface area contributed by atoms with Crippen molar-refractivity contribution in [2.45, 2.75) is 45.1 Å². The van der Waals surface area contributed by atoms with Crippen LogP contribution in [0.3, 0.4) is 0 Å². The number of imidazole rings is 1. The summed E-state index contributed by atoms with van der Waals surface area (Å²) >= 11 is 3.23. The zero-order chi connectivity index (χ0) is 18.6. The minimum absolute atomic E-state index is 0.0165. The SMILES string of the molecule is CC1(C)OB(c2cn(-c3ccccc3C(F)(F)F)c(Br)n2)OC1(C)C. The summed E-state index contributed by atoms with van der Waals surface area (Å²) in [6, 6.07) is 5.33. The maximum atomic E-state index is 13.3. The van der Waals surface area contributed by atoms with Gasteiger partial charge in [-0.15, -0.1) is 0 Å². The van der Waals surface area contributed by atoms with Crippen molar-refractivity contribution in [1.29, 1.82) is 0 Å². The van der Waals surface area contributed by atoms with E-state index in [-0.39, 0.29) is 10.4 Å². The minimum atomic E-state index is -4.47. The van der Waals surface area contributed by atoms with Crippen LogP contribution < -0.4 is 5.59 Å². The molecule has 0 bridgehead atoms. The first-order chi connectivity index (χ1) is 11.4. The van der Waals surface area contributed by atoms with E-state index in [0.29, 0.717) is 5.59 Å². The van der Waals surface area contributed by atoms with Gasteiger partial charge in [-0.1, -0.05) is 12.1 Å². The molecule has 0 atom stereocenters. The van der Waals surface area contributed by atoms with Crippen LogP contribution in [0.4, 0.5) is 13.2 Å². The summed E-state index contributed by atoms with van der Waals surface area (Å²) < 4.78 is 53.2. The molecule has 0 aliphatic carbocycles. The Morgan fingerprint density at radius 3 is 2.20 bits per heavy atom. The highest BCUT2D eigenvalue weighted by molar-refractivity contribution is 9.10. The predicted octanol–water partition coefficient (Wildman–Crippen LogP) is 3.95. The monoisotopic (exact) mass is 416 g/mol. The van der Waals surface area contributed by atoms with E-state index in [9.17, 15) is 13.2 Å². The van der Waals surface area contributed by atoms with Crippen molar-refractivity contribution in [3.05, 3.63) is 40.8 Å². The lowest BCUT2D eigenvalue weighted by atomic mass is 9.86. The van der Waals surface area contributed by atoms with E-state index < -0.39 is 30.1 Å². The van der Waals surface area contributed by atoms with E-state index in [1.54, 1.807) is 6.07 Å². The van der Waals surface area contributed by atoms with Gasteiger partial charge < -0.3 is 9.31 Å². The Morgan fingerprint density at radius 2 is 1.64 bits per heavy atom. The Kier molecular flexibility index (Phi) is 4.33. The minimum Gasteiger partial charge on any atom is -0.398 e. The van der Waals surface area contributed by atoms with Crippen LogP contribution in [0.1, 0.15) is 33.3 Å². The molecule has 1 aliphatic rings. The van der Waals surface area contributed by atoms with Crippen LogP contribution in [-0.2, 0) is 15.5 Å². The van der Waals surface area contributed by atoms with Gasteiger partial charge >= 0.3 is 13.3 Å². The Morgan fingerprint density at radius 1 is 1.08 bits per heavy atom. The molecule has 0 amide bonds. The molecule has 0 N–H and O–H groups in total. The maximum Gasteiger partial charge on any atom is 0.516 e. The molecule has 1 aromatic heterocycles. The number of nitrogens with zero attached hydrogens (tertiary/aromatic N) is 2. The molecular formula is C16H17BBrF3N2O2. The quantitative estimate of drug-likeness (QED) is 0.695. The second kappa shape index (κ2) is 5.85. The summed E-state index contributed by atoms with van der Waals surface area (Å²) in [6.45, 7) is 7.60. The summed E-state index contributed by atoms with van der Waals surface area (Å²) in [5.41, 5.74) is -1.47. The van der Waals surface area contributed by atoms with Gasteiger partial charge in [-0.3, -0.25) is 4.57 Å². The van der Waals surface area contributed by atoms with E-state index in [2.05, 4.69) is 20.9 Å². The Hall–Kier alpha value is -1.32. The first-order valence-corrected chi connectivity index (χ1v) is 8.49. The molecule has 25 heavy (non-hydrogen) atoms. The highest BCUT2D eigenvalue weighted by Crippen LogP contribution is 2.37. The summed E-state index contributed by atoms with van der Waals surface area (Å²) in [7, 11) is -0.749. The number of alkyl halides is 3. The average molecular weight is 417 g/mol. The Bertz CT molecular complexity index is 789. The van der Waals surface area contributed by atoms with Crippen LogP contribution in [-0.4, -0.2) is 27.9 Å². The van der Waals surface area contributed by atoms with Gasteiger partial charge in [0.05, 0.1) is 28.0 Å². The zero-order valence-electron chi connectivity index (χ0n) is 14.2. The van der Waals surface area contributed by atoms with Crippen LogP contribution in [0.5, 0.6) is 0 Å². The third kappa shape index (κ3) is 3.25. The molecule has 3 rings (SSSR count). The number of para-hydroxylation sites is 1. The van der Waals surface area contributed by atoms with Crippen molar-refractivity contribution in [1.82, 2.24) is 9.55 Å². The van der Waals surface area contributed by atoms with Crippen LogP contribution in [0.15, 0.2) is 35.2 Å². The first kappa shape index (κ1) is 18.5. The van der Waals surface area contributed by atoms with Gasteiger partial charge in [0.1, 0.15) is 0 Å². The van der Waals surface area contributed by atoms with Gasteiger partial charge in [0.2, 0.25) is 0 Å². The van der Waals surface area contributed by atoms with E-state index in [0.717, 1.165) is 6.07 Å². The summed E-state index contributed by atoms with van der Waals surface area (Å²) in [5, 5.41) is 0. The first-order valence-electron chi connectivity index (χ1n) is 7.69. The summed E-state index contributed by atoms with van der Waals surface area (Å²) in [5.74, 6) is 0. The van der Waals surface area contributed by atoms with Crippen molar-refractivity contribution in [3.63, 3.8) is 0 Å². The standard InChI is InChI=1S/C16H17BBrF3N2O2/c1-14(2)15(3,4)25-17(24-14)12-9-23(13(18)22-12)11-8-6-5-7-10(11)16(19,20)21/h5-9H,1-4H3. The van der Waals surface area contributed by atoms with Gasteiger partial charge in [-0.05, 0) is 55.8 Å². The predicted molar refractivity (Wildman–Crippen MR) is 92.0 cm³/mol. The molecule has 0 radical (unpaired) electrons. The number of rotatable bonds is 2. The molecule has 2 aromatic rings. The molecule has 4 nitrogen and oxygen atoms in total. The second-order valence-electron chi connectivity index (χ2n) is 6.91. The fraction of sp³-hybridized carbons (Fsp3) is 0.438. The summed E-state index contributed by atoms with van der Waals surface area (Å²) in [6.07, 6.45) is -2.97. The van der Waals surface area contributed by atoms with E-state index in [1.807, 2.05) is 27.7 Å². The molecule has 1 fully saturated rings. The van der Waals surface area contributed by atoms with Crippen molar-refractivity contribution >= 4 is 28.6 Å². The van der Waals surface area contributed by atoms with Crippen molar-refractivity contribution in [2.24, 2.45) is 0 Å². The molecule has 1 saturated heterocycles. The molecule has 2 heterocycles. The van der Waals surface area contributed by atoms with Gasteiger partial charge in [-0.25, -0.2) is 4.98 Å². The number of aromatic nitrogens is 2. The third-order valence-electron chi connectivity index (χ3n) is 4.65. The molecule has 1 aromatic carbocycles. The molecular weight excluding hydrogens is 400 g/mol. The topological polar surface area (TPSA) is 36.3 Å². The molecule has 0 saturated carbocycles. The van der Waals surface area contributed by atoms with Crippen molar-refractivity contribution in [3.8, 4) is 5.69 Å².